The van der Waals surface area contributed by atoms with Gasteiger partial charge in [-0.15, -0.1) is 0 Å². The number of hydrogen-bond donors (Lipinski definition) is 1. The highest BCUT2D eigenvalue weighted by atomic mass is 16.5. The number of rotatable bonds is 6. The number of anilines is 1. The van der Waals surface area contributed by atoms with Crippen LogP contribution < -0.4 is 15.0 Å². The Morgan fingerprint density at radius 2 is 1.95 bits per heavy atom. The molecule has 1 N–H and O–H groups in total. The number of nitrogens with zero attached hydrogens (tertiary/aromatic N) is 1. The summed E-state index contributed by atoms with van der Waals surface area (Å²) in [5.41, 5.74) is 2.42. The van der Waals surface area contributed by atoms with Gasteiger partial charge in [0.15, 0.2) is 0 Å². The van der Waals surface area contributed by atoms with Gasteiger partial charge in [0, 0.05) is 19.6 Å². The first-order valence-corrected chi connectivity index (χ1v) is 8.27. The van der Waals surface area contributed by atoms with Crippen LogP contribution in [0, 0.1) is 5.92 Å². The minimum atomic E-state index is 0.251. The quantitative estimate of drug-likeness (QED) is 0.876. The Labute approximate surface area is 134 Å². The molecule has 0 spiro atoms. The van der Waals surface area contributed by atoms with Crippen LogP contribution in [0.1, 0.15) is 33.3 Å². The molecule has 22 heavy (non-hydrogen) atoms. The van der Waals surface area contributed by atoms with E-state index in [0.29, 0.717) is 5.92 Å². The van der Waals surface area contributed by atoms with Crippen molar-refractivity contribution in [3.63, 3.8) is 0 Å². The Morgan fingerprint density at radius 1 is 1.27 bits per heavy atom. The maximum atomic E-state index is 5.82. The first kappa shape index (κ1) is 17.1. The summed E-state index contributed by atoms with van der Waals surface area (Å²) in [7, 11) is 1.75. The molecule has 0 amide bonds. The number of nitrogens with one attached hydrogen (secondary N) is 1. The summed E-state index contributed by atoms with van der Waals surface area (Å²) in [6, 6.07) is 6.51. The fourth-order valence-electron chi connectivity index (χ4n) is 2.97. The second kappa shape index (κ2) is 7.84. The molecule has 4 nitrogen and oxygen atoms in total. The summed E-state index contributed by atoms with van der Waals surface area (Å²) in [5.74, 6) is 1.61. The molecule has 2 atom stereocenters. The Hall–Kier alpha value is -1.26. The molecule has 0 bridgehead atoms. The Kier molecular flexibility index (Phi) is 6.09. The molecule has 1 heterocycles. The van der Waals surface area contributed by atoms with Crippen molar-refractivity contribution in [2.75, 3.05) is 31.6 Å². The number of ether oxygens (including phenoxy) is 2. The highest BCUT2D eigenvalue weighted by Crippen LogP contribution is 2.31. The van der Waals surface area contributed by atoms with Crippen molar-refractivity contribution < 1.29 is 9.47 Å². The van der Waals surface area contributed by atoms with Crippen LogP contribution in [-0.4, -0.2) is 39.0 Å². The normalized spacial score (nSPS) is 22.2. The molecular weight excluding hydrogens is 276 g/mol. The van der Waals surface area contributed by atoms with Crippen LogP contribution in [0.3, 0.4) is 0 Å². The zero-order valence-corrected chi connectivity index (χ0v) is 14.6. The molecule has 1 saturated heterocycles. The summed E-state index contributed by atoms with van der Waals surface area (Å²) in [6.45, 7) is 12.4. The molecule has 1 aromatic rings. The summed E-state index contributed by atoms with van der Waals surface area (Å²) < 4.78 is 11.4. The van der Waals surface area contributed by atoms with Crippen molar-refractivity contribution in [3.05, 3.63) is 23.8 Å². The third kappa shape index (κ3) is 4.62. The molecular formula is C18H30N2O2. The molecule has 2 rings (SSSR count). The number of morpholine rings is 1. The Balaban J connectivity index is 2.08. The fraction of sp³-hybridized carbons (Fsp3) is 0.667. The third-order valence-electron chi connectivity index (χ3n) is 3.89. The second-order valence-corrected chi connectivity index (χ2v) is 6.69. The van der Waals surface area contributed by atoms with Crippen molar-refractivity contribution in [3.8, 4) is 5.75 Å². The van der Waals surface area contributed by atoms with Gasteiger partial charge >= 0.3 is 0 Å². The summed E-state index contributed by atoms with van der Waals surface area (Å²) in [4.78, 5) is 2.36. The van der Waals surface area contributed by atoms with Crippen LogP contribution in [0.25, 0.3) is 0 Å². The zero-order valence-electron chi connectivity index (χ0n) is 14.6. The van der Waals surface area contributed by atoms with Gasteiger partial charge < -0.3 is 19.7 Å². The maximum absolute atomic E-state index is 5.82. The van der Waals surface area contributed by atoms with Crippen molar-refractivity contribution in [1.82, 2.24) is 5.32 Å². The van der Waals surface area contributed by atoms with E-state index in [2.05, 4.69) is 56.1 Å². The van der Waals surface area contributed by atoms with Crippen LogP contribution in [0.15, 0.2) is 18.2 Å². The van der Waals surface area contributed by atoms with E-state index in [1.165, 1.54) is 5.56 Å². The lowest BCUT2D eigenvalue weighted by Crippen LogP contribution is -2.45. The monoisotopic (exact) mass is 306 g/mol. The summed E-state index contributed by atoms with van der Waals surface area (Å²) >= 11 is 0. The molecule has 4 heteroatoms. The molecule has 0 radical (unpaired) electrons. The highest BCUT2D eigenvalue weighted by Gasteiger charge is 2.24. The van der Waals surface area contributed by atoms with Gasteiger partial charge in [-0.05, 0) is 44.0 Å². The van der Waals surface area contributed by atoms with Gasteiger partial charge in [-0.1, -0.05) is 19.9 Å². The van der Waals surface area contributed by atoms with E-state index in [0.717, 1.165) is 37.6 Å². The van der Waals surface area contributed by atoms with Crippen LogP contribution >= 0.6 is 0 Å². The van der Waals surface area contributed by atoms with E-state index in [9.17, 15) is 0 Å². The first-order chi connectivity index (χ1) is 10.5. The van der Waals surface area contributed by atoms with E-state index in [4.69, 9.17) is 9.47 Å². The fourth-order valence-corrected chi connectivity index (χ4v) is 2.97. The van der Waals surface area contributed by atoms with Gasteiger partial charge in [-0.3, -0.25) is 0 Å². The molecule has 0 aliphatic carbocycles. The van der Waals surface area contributed by atoms with Crippen LogP contribution in [0.5, 0.6) is 5.75 Å². The van der Waals surface area contributed by atoms with Crippen molar-refractivity contribution in [2.45, 2.75) is 46.4 Å². The van der Waals surface area contributed by atoms with Gasteiger partial charge in [0.25, 0.3) is 0 Å². The lowest BCUT2D eigenvalue weighted by Gasteiger charge is -2.37. The zero-order chi connectivity index (χ0) is 16.1. The van der Waals surface area contributed by atoms with Gasteiger partial charge in [0.2, 0.25) is 0 Å². The Morgan fingerprint density at radius 3 is 2.55 bits per heavy atom. The molecule has 1 aliphatic rings. The minimum absolute atomic E-state index is 0.251. The highest BCUT2D eigenvalue weighted by molar-refractivity contribution is 5.60. The minimum Gasteiger partial charge on any atom is -0.495 e. The van der Waals surface area contributed by atoms with E-state index >= 15 is 0 Å². The third-order valence-corrected chi connectivity index (χ3v) is 3.89. The molecule has 1 fully saturated rings. The van der Waals surface area contributed by atoms with Gasteiger partial charge in [-0.25, -0.2) is 0 Å². The lowest BCUT2D eigenvalue weighted by atomic mass is 10.1. The van der Waals surface area contributed by atoms with E-state index in [1.54, 1.807) is 7.11 Å². The molecule has 1 aliphatic heterocycles. The average Bonchev–Trinajstić information content (AvgIpc) is 2.45. The van der Waals surface area contributed by atoms with Crippen LogP contribution in [0.4, 0.5) is 5.69 Å². The SMILES string of the molecule is COc1cc(CNCC(C)C)ccc1N1CC(C)OC(C)C1. The molecule has 2 unspecified atom stereocenters. The van der Waals surface area contributed by atoms with Gasteiger partial charge in [0.05, 0.1) is 25.0 Å². The smallest absolute Gasteiger partial charge is 0.142 e. The summed E-state index contributed by atoms with van der Waals surface area (Å²) in [5, 5.41) is 3.48. The van der Waals surface area contributed by atoms with Gasteiger partial charge in [0.1, 0.15) is 5.75 Å². The average molecular weight is 306 g/mol. The maximum Gasteiger partial charge on any atom is 0.142 e. The van der Waals surface area contributed by atoms with E-state index in [1.807, 2.05) is 0 Å². The van der Waals surface area contributed by atoms with Crippen molar-refractivity contribution in [1.29, 1.82) is 0 Å². The first-order valence-electron chi connectivity index (χ1n) is 8.27. The molecule has 1 aromatic carbocycles. The predicted molar refractivity (Wildman–Crippen MR) is 91.8 cm³/mol. The molecule has 124 valence electrons. The second-order valence-electron chi connectivity index (χ2n) is 6.69. The van der Waals surface area contributed by atoms with Crippen LogP contribution in [0.2, 0.25) is 0 Å². The van der Waals surface area contributed by atoms with Crippen molar-refractivity contribution >= 4 is 5.69 Å². The molecule has 0 saturated carbocycles. The number of benzene rings is 1. The van der Waals surface area contributed by atoms with Crippen LogP contribution in [-0.2, 0) is 11.3 Å². The predicted octanol–water partition coefficient (Wildman–Crippen LogP) is 3.05. The summed E-state index contributed by atoms with van der Waals surface area (Å²) in [6.07, 6.45) is 0.502. The standard InChI is InChI=1S/C18H30N2O2/c1-13(2)9-19-10-16-6-7-17(18(8-16)21-5)20-11-14(3)22-15(4)12-20/h6-8,13-15,19H,9-12H2,1-5H3. The van der Waals surface area contributed by atoms with Crippen molar-refractivity contribution in [2.24, 2.45) is 5.92 Å². The molecule has 0 aromatic heterocycles. The van der Waals surface area contributed by atoms with Gasteiger partial charge in [-0.2, -0.15) is 0 Å². The topological polar surface area (TPSA) is 33.7 Å². The van der Waals surface area contributed by atoms with E-state index in [-0.39, 0.29) is 12.2 Å². The number of hydrogen-bond acceptors (Lipinski definition) is 4. The Bertz CT molecular complexity index is 466. The van der Waals surface area contributed by atoms with E-state index < -0.39 is 0 Å². The lowest BCUT2D eigenvalue weighted by molar-refractivity contribution is -0.00532. The number of methoxy groups -OCH3 is 1. The largest absolute Gasteiger partial charge is 0.495 e.